The first-order chi connectivity index (χ1) is 39.5. The Kier molecular flexibility index (Phi) is 19.2. The largest absolute Gasteiger partial charge is 0.207 e. The van der Waals surface area contributed by atoms with E-state index < -0.39 is 0 Å². The van der Waals surface area contributed by atoms with Crippen molar-refractivity contribution in [2.24, 2.45) is 0 Å². The normalized spacial score (nSPS) is 15.0. The van der Waals surface area contributed by atoms with E-state index in [1.165, 1.54) is 187 Å². The van der Waals surface area contributed by atoms with Crippen LogP contribution in [-0.4, -0.2) is 0 Å². The molecule has 0 heterocycles. The third-order valence-corrected chi connectivity index (χ3v) is 18.2. The molecule has 0 unspecified atom stereocenters. The van der Waals surface area contributed by atoms with Gasteiger partial charge in [0.2, 0.25) is 0 Å². The smallest absolute Gasteiger partial charge is 0.123 e. The Bertz CT molecular complexity index is 3870. The lowest BCUT2D eigenvalue weighted by Crippen LogP contribution is -2.12. The third-order valence-electron chi connectivity index (χ3n) is 18.2. The van der Waals surface area contributed by atoms with Crippen LogP contribution in [0.1, 0.15) is 214 Å². The van der Waals surface area contributed by atoms with Crippen LogP contribution >= 0.6 is 0 Å². The zero-order valence-corrected chi connectivity index (χ0v) is 53.5. The lowest BCUT2D eigenvalue weighted by molar-refractivity contribution is 0.594. The van der Waals surface area contributed by atoms with Crippen LogP contribution in [0.2, 0.25) is 0 Å². The summed E-state index contributed by atoms with van der Waals surface area (Å²) < 4.78 is 13.3. The number of hydrogen-bond donors (Lipinski definition) is 0. The van der Waals surface area contributed by atoms with E-state index in [1.54, 1.807) is 22.8 Å². The van der Waals surface area contributed by atoms with E-state index in [2.05, 4.69) is 237 Å². The molecule has 3 fully saturated rings. The summed E-state index contributed by atoms with van der Waals surface area (Å²) in [6.07, 6.45) is 16.7. The summed E-state index contributed by atoms with van der Waals surface area (Å²) in [7, 11) is 0. The van der Waals surface area contributed by atoms with E-state index >= 15 is 0 Å². The van der Waals surface area contributed by atoms with Crippen LogP contribution in [0.3, 0.4) is 0 Å². The lowest BCUT2D eigenvalue weighted by Gasteiger charge is -2.22. The van der Waals surface area contributed by atoms with Crippen LogP contribution < -0.4 is 0 Å². The van der Waals surface area contributed by atoms with Gasteiger partial charge in [-0.2, -0.15) is 0 Å². The number of benzene rings is 10. The van der Waals surface area contributed by atoms with Gasteiger partial charge in [-0.05, 0) is 229 Å². The van der Waals surface area contributed by atoms with E-state index in [9.17, 15) is 4.39 Å². The fraction of sp³-hybridized carbons (Fsp3) is 0.390. The summed E-state index contributed by atoms with van der Waals surface area (Å²) >= 11 is 0. The molecule has 0 aromatic heterocycles. The molecule has 0 N–H and O–H groups in total. The fourth-order valence-corrected chi connectivity index (χ4v) is 14.2. The summed E-state index contributed by atoms with van der Waals surface area (Å²) in [4.78, 5) is 0. The minimum absolute atomic E-state index is 0.0397. The van der Waals surface area contributed by atoms with Crippen molar-refractivity contribution in [3.63, 3.8) is 0 Å². The van der Waals surface area contributed by atoms with Gasteiger partial charge < -0.3 is 0 Å². The standard InChI is InChI=1S/3C17H20.C16H20.C15H17F/c1-12-10-15-9-5-6-13(2)17(15)16(11-12)14-7-3-4-8-14;1-12-7-8-15-9-13(2)11-16(17(15)10-12)14-5-3-4-6-14;1-12-7-8-16-15(9-12)10-13(2)11-17(16)14-5-3-4-6-14;1-11-6-7-14-13(8-11)9-12(2)10-15(14)16(3,4)5;1-10-7-11-5-6-12(16)9-13(11)14(8-10)15(2,3)4/h5-6,9-11,14H,3-4,7-8H2,1-2H3;2*7-11,14H,3-6H2,1-2H3;6-10H,1-5H3;5-9H,1-4H3. The van der Waals surface area contributed by atoms with Crippen LogP contribution in [0.15, 0.2) is 152 Å². The van der Waals surface area contributed by atoms with Gasteiger partial charge in [-0.1, -0.05) is 264 Å². The number of fused-ring (bicyclic) bond motifs is 5. The monoisotopic (exact) mass is 1100 g/mol. The molecule has 0 nitrogen and oxygen atoms in total. The molecule has 432 valence electrons. The Morgan fingerprint density at radius 1 is 0.301 bits per heavy atom. The molecule has 1 heteroatoms. The molecule has 0 atom stereocenters. The van der Waals surface area contributed by atoms with Gasteiger partial charge in [0, 0.05) is 0 Å². The Morgan fingerprint density at radius 2 is 0.675 bits per heavy atom. The third kappa shape index (κ3) is 15.0. The quantitative estimate of drug-likeness (QED) is 0.165. The van der Waals surface area contributed by atoms with Gasteiger partial charge in [0.15, 0.2) is 0 Å². The first kappa shape index (κ1) is 61.0. The molecular weight excluding hydrogens is 1000 g/mol. The van der Waals surface area contributed by atoms with Crippen molar-refractivity contribution in [1.29, 1.82) is 0 Å². The van der Waals surface area contributed by atoms with Gasteiger partial charge in [0.1, 0.15) is 5.82 Å². The van der Waals surface area contributed by atoms with Crippen molar-refractivity contribution in [1.82, 2.24) is 0 Å². The zero-order valence-electron chi connectivity index (χ0n) is 53.5. The summed E-state index contributed by atoms with van der Waals surface area (Å²) in [5.41, 5.74) is 20.0. The number of hydrogen-bond acceptors (Lipinski definition) is 0. The Labute approximate surface area is 500 Å². The highest BCUT2D eigenvalue weighted by molar-refractivity contribution is 5.92. The Morgan fingerprint density at radius 3 is 1.20 bits per heavy atom. The maximum atomic E-state index is 13.3. The maximum Gasteiger partial charge on any atom is 0.123 e. The molecule has 0 bridgehead atoms. The highest BCUT2D eigenvalue weighted by Gasteiger charge is 2.23. The van der Waals surface area contributed by atoms with E-state index in [1.807, 2.05) is 6.07 Å². The van der Waals surface area contributed by atoms with Gasteiger partial charge in [0.05, 0.1) is 0 Å². The second-order valence-corrected chi connectivity index (χ2v) is 27.8. The first-order valence-electron chi connectivity index (χ1n) is 31.7. The molecule has 3 aliphatic rings. The van der Waals surface area contributed by atoms with Gasteiger partial charge in [-0.25, -0.2) is 4.39 Å². The number of aryl methyl sites for hydroxylation is 9. The van der Waals surface area contributed by atoms with Gasteiger partial charge in [-0.3, -0.25) is 0 Å². The minimum atomic E-state index is -0.165. The van der Waals surface area contributed by atoms with E-state index in [4.69, 9.17) is 0 Å². The van der Waals surface area contributed by atoms with E-state index in [0.29, 0.717) is 0 Å². The summed E-state index contributed by atoms with van der Waals surface area (Å²) in [6, 6.07) is 55.2. The lowest BCUT2D eigenvalue weighted by atomic mass is 9.82. The predicted molar refractivity (Wildman–Crippen MR) is 363 cm³/mol. The summed E-state index contributed by atoms with van der Waals surface area (Å²) in [6.45, 7) is 33.0. The second-order valence-electron chi connectivity index (χ2n) is 27.8. The number of rotatable bonds is 3. The van der Waals surface area contributed by atoms with Crippen LogP contribution in [0.5, 0.6) is 0 Å². The molecule has 10 aromatic rings. The number of halogens is 1. The minimum Gasteiger partial charge on any atom is -0.207 e. The van der Waals surface area contributed by atoms with Gasteiger partial charge in [-0.15, -0.1) is 0 Å². The van der Waals surface area contributed by atoms with Crippen molar-refractivity contribution in [3.05, 3.63) is 235 Å². The molecule has 0 aliphatic heterocycles. The molecule has 0 saturated heterocycles. The summed E-state index contributed by atoms with van der Waals surface area (Å²) in [5.74, 6) is 2.25. The molecule has 0 radical (unpaired) electrons. The molecule has 10 aromatic carbocycles. The van der Waals surface area contributed by atoms with Gasteiger partial charge in [0.25, 0.3) is 0 Å². The molecule has 3 aliphatic carbocycles. The average Bonchev–Trinajstić information content (AvgIpc) is 4.49. The Hall–Kier alpha value is -6.57. The maximum absolute atomic E-state index is 13.3. The topological polar surface area (TPSA) is 0 Å². The average molecular weight is 1100 g/mol. The van der Waals surface area contributed by atoms with Crippen LogP contribution in [0.25, 0.3) is 53.9 Å². The molecule has 13 rings (SSSR count). The molecule has 3 saturated carbocycles. The highest BCUT2D eigenvalue weighted by atomic mass is 19.1. The van der Waals surface area contributed by atoms with E-state index in [-0.39, 0.29) is 16.6 Å². The van der Waals surface area contributed by atoms with Crippen molar-refractivity contribution in [2.45, 2.75) is 209 Å². The zero-order chi connectivity index (χ0) is 59.3. The second kappa shape index (κ2) is 26.1. The van der Waals surface area contributed by atoms with Crippen LogP contribution in [0.4, 0.5) is 4.39 Å². The van der Waals surface area contributed by atoms with Crippen molar-refractivity contribution >= 4 is 53.9 Å². The van der Waals surface area contributed by atoms with Crippen molar-refractivity contribution < 1.29 is 4.39 Å². The Balaban J connectivity index is 0.000000125. The SMILES string of the molecule is Cc1cc(C(C)(C)C)c2cc(F)ccc2c1.Cc1cc(C2CCCC2)c2c(C)cccc2c1.Cc1cc(C2CCCC2)c2cc(C)ccc2c1.Cc1ccc2c(C(C)(C)C)cc(C)cc2c1.Cc1ccc2c(C3CCCC3)cc(C)cc2c1. The fourth-order valence-electron chi connectivity index (χ4n) is 14.2. The van der Waals surface area contributed by atoms with Crippen molar-refractivity contribution in [2.75, 3.05) is 0 Å². The molecule has 83 heavy (non-hydrogen) atoms. The van der Waals surface area contributed by atoms with Gasteiger partial charge >= 0.3 is 0 Å². The predicted octanol–water partition coefficient (Wildman–Crippen LogP) is 24.7. The van der Waals surface area contributed by atoms with Crippen LogP contribution in [-0.2, 0) is 10.8 Å². The first-order valence-corrected chi connectivity index (χ1v) is 31.7. The molecular formula is C82H97F. The summed E-state index contributed by atoms with van der Waals surface area (Å²) in [5, 5.41) is 13.6. The highest BCUT2D eigenvalue weighted by Crippen LogP contribution is 2.42. The molecule has 0 amide bonds. The molecule has 0 spiro atoms. The van der Waals surface area contributed by atoms with E-state index in [0.717, 1.165) is 28.5 Å². The van der Waals surface area contributed by atoms with Crippen molar-refractivity contribution in [3.8, 4) is 0 Å². The van der Waals surface area contributed by atoms with Crippen LogP contribution in [0, 0.1) is 68.1 Å².